The Kier molecular flexibility index (Phi) is 15.0. The molecule has 0 aliphatic carbocycles. The molecular weight excluding hydrogens is 566 g/mol. The summed E-state index contributed by atoms with van der Waals surface area (Å²) in [5.74, 6) is 0.963. The molecule has 2 heterocycles. The standard InChI is InChI=1S/C35H59N7O3/c1-8-39(6)21-16-22-40(7)23-17-25-41(9-2)24-15-11-12-20-31(43)45-35(4,5)27-42-30(26-44-10-3)38-32-33(42)28-18-13-14-19-29(28)37-34(32)36/h13-14,18-19H,8-12,15-17,20-27H2,1-7H3,(H2,36,37). The van der Waals surface area contributed by atoms with Gasteiger partial charge in [0.1, 0.15) is 23.5 Å². The molecule has 0 radical (unpaired) electrons. The predicted molar refractivity (Wildman–Crippen MR) is 185 cm³/mol. The van der Waals surface area contributed by atoms with E-state index in [9.17, 15) is 4.79 Å². The van der Waals surface area contributed by atoms with Crippen molar-refractivity contribution in [2.24, 2.45) is 0 Å². The summed E-state index contributed by atoms with van der Waals surface area (Å²) in [4.78, 5) is 29.7. The van der Waals surface area contributed by atoms with Gasteiger partial charge < -0.3 is 34.5 Å². The summed E-state index contributed by atoms with van der Waals surface area (Å²) in [6, 6.07) is 7.91. The van der Waals surface area contributed by atoms with E-state index in [1.807, 2.05) is 45.0 Å². The second kappa shape index (κ2) is 18.4. The van der Waals surface area contributed by atoms with E-state index in [2.05, 4.69) is 52.2 Å². The molecule has 1 aromatic carbocycles. The lowest BCUT2D eigenvalue weighted by Gasteiger charge is -2.27. The minimum Gasteiger partial charge on any atom is -0.458 e. The van der Waals surface area contributed by atoms with Crippen molar-refractivity contribution in [1.29, 1.82) is 0 Å². The number of ether oxygens (including phenoxy) is 2. The van der Waals surface area contributed by atoms with Crippen molar-refractivity contribution in [2.75, 3.05) is 72.2 Å². The Hall–Kier alpha value is -2.79. The van der Waals surface area contributed by atoms with Gasteiger partial charge in [-0.3, -0.25) is 4.79 Å². The Morgan fingerprint density at radius 2 is 1.58 bits per heavy atom. The van der Waals surface area contributed by atoms with Crippen LogP contribution in [0.4, 0.5) is 5.82 Å². The normalized spacial score (nSPS) is 12.4. The van der Waals surface area contributed by atoms with E-state index in [0.29, 0.717) is 37.5 Å². The van der Waals surface area contributed by atoms with E-state index in [-0.39, 0.29) is 5.97 Å². The lowest BCUT2D eigenvalue weighted by Crippen LogP contribution is -2.34. The number of esters is 1. The smallest absolute Gasteiger partial charge is 0.306 e. The highest BCUT2D eigenvalue weighted by molar-refractivity contribution is 6.06. The zero-order valence-electron chi connectivity index (χ0n) is 29.1. The molecule has 0 unspecified atom stereocenters. The molecular formula is C35H59N7O3. The summed E-state index contributed by atoms with van der Waals surface area (Å²) in [6.45, 7) is 19.5. The van der Waals surface area contributed by atoms with Crippen LogP contribution < -0.4 is 5.73 Å². The van der Waals surface area contributed by atoms with Crippen LogP contribution in [-0.4, -0.2) is 107 Å². The molecule has 0 bridgehead atoms. The number of anilines is 1. The van der Waals surface area contributed by atoms with E-state index < -0.39 is 5.60 Å². The highest BCUT2D eigenvalue weighted by Crippen LogP contribution is 2.31. The zero-order chi connectivity index (χ0) is 32.8. The van der Waals surface area contributed by atoms with Crippen LogP contribution in [0.25, 0.3) is 21.9 Å². The monoisotopic (exact) mass is 625 g/mol. The number of rotatable bonds is 22. The molecule has 252 valence electrons. The Morgan fingerprint density at radius 1 is 0.889 bits per heavy atom. The summed E-state index contributed by atoms with van der Waals surface area (Å²) in [5.41, 5.74) is 7.93. The van der Waals surface area contributed by atoms with Gasteiger partial charge in [0.25, 0.3) is 0 Å². The third-order valence-corrected chi connectivity index (χ3v) is 8.49. The van der Waals surface area contributed by atoms with E-state index >= 15 is 0 Å². The number of nitrogens with two attached hydrogens (primary N) is 1. The molecule has 10 heteroatoms. The van der Waals surface area contributed by atoms with Gasteiger partial charge in [-0.1, -0.05) is 38.5 Å². The summed E-state index contributed by atoms with van der Waals surface area (Å²) in [7, 11) is 4.42. The van der Waals surface area contributed by atoms with Gasteiger partial charge in [-0.2, -0.15) is 0 Å². The van der Waals surface area contributed by atoms with Gasteiger partial charge in [0.2, 0.25) is 0 Å². The van der Waals surface area contributed by atoms with Crippen LogP contribution in [0.15, 0.2) is 24.3 Å². The molecule has 3 rings (SSSR count). The van der Waals surface area contributed by atoms with Crippen LogP contribution in [0.1, 0.15) is 79.0 Å². The van der Waals surface area contributed by atoms with E-state index in [1.165, 1.54) is 12.8 Å². The number of benzene rings is 1. The molecule has 2 N–H and O–H groups in total. The first-order valence-electron chi connectivity index (χ1n) is 17.0. The second-order valence-electron chi connectivity index (χ2n) is 12.8. The van der Waals surface area contributed by atoms with E-state index in [4.69, 9.17) is 20.2 Å². The summed E-state index contributed by atoms with van der Waals surface area (Å²) in [6.07, 6.45) is 5.76. The number of unbranched alkanes of at least 4 members (excludes halogenated alkanes) is 2. The number of para-hydroxylation sites is 1. The third-order valence-electron chi connectivity index (χ3n) is 8.49. The number of carbonyl (C=O) groups excluding carboxylic acids is 1. The molecule has 0 fully saturated rings. The first kappa shape index (κ1) is 36.7. The quantitative estimate of drug-likeness (QED) is 0.113. The van der Waals surface area contributed by atoms with Gasteiger partial charge in [-0.25, -0.2) is 9.97 Å². The van der Waals surface area contributed by atoms with Crippen LogP contribution in [-0.2, 0) is 27.4 Å². The van der Waals surface area contributed by atoms with Gasteiger partial charge >= 0.3 is 5.97 Å². The van der Waals surface area contributed by atoms with Gasteiger partial charge in [0.15, 0.2) is 5.82 Å². The van der Waals surface area contributed by atoms with Gasteiger partial charge in [0, 0.05) is 18.4 Å². The largest absolute Gasteiger partial charge is 0.458 e. The maximum Gasteiger partial charge on any atom is 0.306 e. The lowest BCUT2D eigenvalue weighted by molar-refractivity contribution is -0.157. The van der Waals surface area contributed by atoms with Crippen molar-refractivity contribution in [2.45, 2.75) is 91.9 Å². The van der Waals surface area contributed by atoms with Crippen LogP contribution >= 0.6 is 0 Å². The van der Waals surface area contributed by atoms with Crippen molar-refractivity contribution in [3.63, 3.8) is 0 Å². The first-order chi connectivity index (χ1) is 21.6. The average Bonchev–Trinajstić information content (AvgIpc) is 3.36. The summed E-state index contributed by atoms with van der Waals surface area (Å²) >= 11 is 0. The molecule has 0 spiro atoms. The summed E-state index contributed by atoms with van der Waals surface area (Å²) < 4.78 is 13.9. The molecule has 0 atom stereocenters. The van der Waals surface area contributed by atoms with Crippen molar-refractivity contribution >= 4 is 33.7 Å². The highest BCUT2D eigenvalue weighted by atomic mass is 16.6. The van der Waals surface area contributed by atoms with Crippen molar-refractivity contribution in [3.05, 3.63) is 30.1 Å². The van der Waals surface area contributed by atoms with Gasteiger partial charge in [-0.15, -0.1) is 0 Å². The fourth-order valence-electron chi connectivity index (χ4n) is 5.81. The topological polar surface area (TPSA) is 102 Å². The van der Waals surface area contributed by atoms with Crippen LogP contribution in [0.2, 0.25) is 0 Å². The lowest BCUT2D eigenvalue weighted by atomic mass is 10.1. The number of pyridine rings is 1. The van der Waals surface area contributed by atoms with Gasteiger partial charge in [0.05, 0.1) is 17.6 Å². The fraction of sp³-hybridized carbons (Fsp3) is 0.686. The number of nitrogens with zero attached hydrogens (tertiary/aromatic N) is 6. The number of fused-ring (bicyclic) bond motifs is 3. The Bertz CT molecular complexity index is 1330. The minimum absolute atomic E-state index is 0.165. The predicted octanol–water partition coefficient (Wildman–Crippen LogP) is 5.57. The van der Waals surface area contributed by atoms with Crippen molar-refractivity contribution in [1.82, 2.24) is 29.2 Å². The number of hydrogen-bond acceptors (Lipinski definition) is 9. The number of aromatic nitrogens is 3. The van der Waals surface area contributed by atoms with E-state index in [0.717, 1.165) is 87.3 Å². The minimum atomic E-state index is -0.747. The number of hydrogen-bond donors (Lipinski definition) is 1. The maximum absolute atomic E-state index is 12.9. The zero-order valence-corrected chi connectivity index (χ0v) is 29.1. The molecule has 3 aromatic rings. The SMILES string of the molecule is CCOCc1nc2c(N)nc3ccccc3c2n1CC(C)(C)OC(=O)CCCCCN(CC)CCCN(C)CCCN(C)CC. The summed E-state index contributed by atoms with van der Waals surface area (Å²) in [5, 5.41) is 0.961. The van der Waals surface area contributed by atoms with Crippen LogP contribution in [0.5, 0.6) is 0 Å². The molecule has 0 saturated carbocycles. The molecule has 10 nitrogen and oxygen atoms in total. The molecule has 45 heavy (non-hydrogen) atoms. The van der Waals surface area contributed by atoms with Crippen LogP contribution in [0, 0.1) is 0 Å². The number of carbonyl (C=O) groups is 1. The molecule has 0 aliphatic rings. The van der Waals surface area contributed by atoms with E-state index in [1.54, 1.807) is 0 Å². The number of imidazole rings is 1. The Labute approximate surface area is 271 Å². The van der Waals surface area contributed by atoms with Gasteiger partial charge in [-0.05, 0) is 112 Å². The molecule has 0 saturated heterocycles. The molecule has 2 aromatic heterocycles. The molecule has 0 amide bonds. The fourth-order valence-corrected chi connectivity index (χ4v) is 5.81. The average molecular weight is 626 g/mol. The number of nitrogen functional groups attached to an aromatic ring is 1. The Morgan fingerprint density at radius 3 is 2.29 bits per heavy atom. The molecule has 0 aliphatic heterocycles. The van der Waals surface area contributed by atoms with Crippen molar-refractivity contribution in [3.8, 4) is 0 Å². The highest BCUT2D eigenvalue weighted by Gasteiger charge is 2.27. The second-order valence-corrected chi connectivity index (χ2v) is 12.8. The van der Waals surface area contributed by atoms with Crippen LogP contribution in [0.3, 0.4) is 0 Å². The van der Waals surface area contributed by atoms with Crippen molar-refractivity contribution < 1.29 is 14.3 Å². The first-order valence-corrected chi connectivity index (χ1v) is 17.0. The third kappa shape index (κ3) is 11.5. The maximum atomic E-state index is 12.9. The Balaban J connectivity index is 1.46.